The van der Waals surface area contributed by atoms with Gasteiger partial charge in [0.15, 0.2) is 0 Å². The lowest BCUT2D eigenvalue weighted by Gasteiger charge is -2.39. The molecule has 146 valence electrons. The number of β-amino-alcohol motifs (C(OH)–C–C–N with tert-alkyl or cyclic N) is 1. The Hall–Kier alpha value is -2.19. The first-order valence-electron chi connectivity index (χ1n) is 9.84. The number of anilines is 1. The van der Waals surface area contributed by atoms with Gasteiger partial charge in [-0.05, 0) is 26.2 Å². The number of aliphatic hydroxyl groups is 1. The lowest BCUT2D eigenvalue weighted by atomic mass is 9.91. The van der Waals surface area contributed by atoms with Crippen molar-refractivity contribution in [1.29, 1.82) is 0 Å². The van der Waals surface area contributed by atoms with Crippen LogP contribution in [-0.4, -0.2) is 69.7 Å². The number of fused-ring (bicyclic) bond motifs is 1. The highest BCUT2D eigenvalue weighted by Crippen LogP contribution is 2.33. The molecule has 1 aliphatic carbocycles. The summed E-state index contributed by atoms with van der Waals surface area (Å²) in [4.78, 5) is 26.8. The molecule has 0 saturated carbocycles. The summed E-state index contributed by atoms with van der Waals surface area (Å²) in [5.41, 5.74) is 0.676. The molecule has 0 aromatic carbocycles. The molecule has 8 nitrogen and oxygen atoms in total. The fourth-order valence-electron chi connectivity index (χ4n) is 4.15. The number of guanidine groups is 1. The minimum Gasteiger partial charge on any atom is -0.395 e. The monoisotopic (exact) mass is 372 g/mol. The quantitative estimate of drug-likeness (QED) is 0.764. The molecular formula is C19H28N6O2. The highest BCUT2D eigenvalue weighted by molar-refractivity contribution is 5.93. The van der Waals surface area contributed by atoms with Crippen molar-refractivity contribution in [3.05, 3.63) is 34.3 Å². The average Bonchev–Trinajstić information content (AvgIpc) is 2.68. The van der Waals surface area contributed by atoms with E-state index in [1.54, 1.807) is 10.6 Å². The maximum absolute atomic E-state index is 12.7. The summed E-state index contributed by atoms with van der Waals surface area (Å²) in [6, 6.07) is 1.59. The predicted molar refractivity (Wildman–Crippen MR) is 105 cm³/mol. The molecule has 2 atom stereocenters. The minimum atomic E-state index is -0.211. The second-order valence-corrected chi connectivity index (χ2v) is 7.52. The van der Waals surface area contributed by atoms with E-state index in [9.17, 15) is 4.79 Å². The smallest absolute Gasteiger partial charge is 0.256 e. The van der Waals surface area contributed by atoms with Gasteiger partial charge in [-0.15, -0.1) is 0 Å². The number of aliphatic hydroxyl groups excluding tert-OH is 1. The van der Waals surface area contributed by atoms with E-state index in [0.29, 0.717) is 18.4 Å². The van der Waals surface area contributed by atoms with Crippen molar-refractivity contribution < 1.29 is 5.11 Å². The van der Waals surface area contributed by atoms with Gasteiger partial charge in [-0.25, -0.2) is 9.98 Å². The summed E-state index contributed by atoms with van der Waals surface area (Å²) in [6.07, 6.45) is 7.19. The normalized spacial score (nSPS) is 25.7. The lowest BCUT2D eigenvalue weighted by Crippen LogP contribution is -2.53. The molecule has 2 aliphatic heterocycles. The molecule has 0 unspecified atom stereocenters. The first-order chi connectivity index (χ1) is 13.2. The van der Waals surface area contributed by atoms with E-state index in [-0.39, 0.29) is 18.3 Å². The minimum absolute atomic E-state index is 0.0416. The molecule has 1 aromatic rings. The van der Waals surface area contributed by atoms with Crippen LogP contribution in [0.2, 0.25) is 0 Å². The summed E-state index contributed by atoms with van der Waals surface area (Å²) in [6.45, 7) is 6.23. The number of aryl methyl sites for hydroxylation is 1. The largest absolute Gasteiger partial charge is 0.395 e. The molecule has 8 heteroatoms. The number of hydrogen-bond acceptors (Lipinski definition) is 7. The van der Waals surface area contributed by atoms with Crippen molar-refractivity contribution >= 4 is 11.9 Å². The van der Waals surface area contributed by atoms with Crippen molar-refractivity contribution in [2.24, 2.45) is 10.9 Å². The number of aromatic nitrogens is 2. The van der Waals surface area contributed by atoms with Gasteiger partial charge in [0.25, 0.3) is 5.56 Å². The highest BCUT2D eigenvalue weighted by Gasteiger charge is 2.32. The van der Waals surface area contributed by atoms with Crippen LogP contribution in [0.1, 0.15) is 31.1 Å². The van der Waals surface area contributed by atoms with Gasteiger partial charge in [0.05, 0.1) is 6.61 Å². The molecule has 27 heavy (non-hydrogen) atoms. The van der Waals surface area contributed by atoms with Gasteiger partial charge in [-0.1, -0.05) is 12.2 Å². The Balaban J connectivity index is 1.62. The first kappa shape index (κ1) is 18.2. The van der Waals surface area contributed by atoms with E-state index >= 15 is 0 Å². The van der Waals surface area contributed by atoms with Crippen molar-refractivity contribution in [3.63, 3.8) is 0 Å². The summed E-state index contributed by atoms with van der Waals surface area (Å²) >= 11 is 0. The van der Waals surface area contributed by atoms with E-state index in [2.05, 4.69) is 32.3 Å². The molecule has 4 rings (SSSR count). The molecule has 0 spiro atoms. The zero-order valence-corrected chi connectivity index (χ0v) is 15.8. The second kappa shape index (κ2) is 7.82. The van der Waals surface area contributed by atoms with Gasteiger partial charge in [-0.3, -0.25) is 19.6 Å². The fraction of sp³-hybridized carbons (Fsp3) is 0.632. The van der Waals surface area contributed by atoms with Gasteiger partial charge in [0.1, 0.15) is 6.17 Å². The number of piperazine rings is 1. The molecule has 1 fully saturated rings. The first-order valence-corrected chi connectivity index (χ1v) is 9.84. The molecular weight excluding hydrogens is 344 g/mol. The van der Waals surface area contributed by atoms with Gasteiger partial charge in [0, 0.05) is 50.4 Å². The third kappa shape index (κ3) is 3.77. The maximum Gasteiger partial charge on any atom is 0.256 e. The Bertz CT molecular complexity index is 794. The topological polar surface area (TPSA) is 86.0 Å². The summed E-state index contributed by atoms with van der Waals surface area (Å²) in [5, 5.41) is 12.4. The molecule has 0 radical (unpaired) electrons. The number of hydrogen-bond donors (Lipinski definition) is 2. The highest BCUT2D eigenvalue weighted by atomic mass is 16.3. The van der Waals surface area contributed by atoms with Crippen LogP contribution in [0.5, 0.6) is 0 Å². The number of rotatable bonds is 3. The average molecular weight is 372 g/mol. The molecule has 3 heterocycles. The van der Waals surface area contributed by atoms with Crippen LogP contribution < -0.4 is 10.9 Å². The zero-order valence-electron chi connectivity index (χ0n) is 15.8. The van der Waals surface area contributed by atoms with Crippen LogP contribution in [0.3, 0.4) is 0 Å². The number of nitrogens with one attached hydrogen (secondary N) is 1. The Kier molecular flexibility index (Phi) is 5.27. The van der Waals surface area contributed by atoms with Gasteiger partial charge < -0.3 is 10.0 Å². The summed E-state index contributed by atoms with van der Waals surface area (Å²) in [7, 11) is 0. The van der Waals surface area contributed by atoms with Gasteiger partial charge in [0.2, 0.25) is 11.9 Å². The molecule has 0 amide bonds. The maximum atomic E-state index is 12.7. The van der Waals surface area contributed by atoms with Gasteiger partial charge >= 0.3 is 0 Å². The van der Waals surface area contributed by atoms with Crippen LogP contribution in [-0.2, 0) is 0 Å². The van der Waals surface area contributed by atoms with E-state index < -0.39 is 0 Å². The molecule has 0 bridgehead atoms. The standard InChI is InChI=1S/C19H28N6O2/c1-14-13-16(27)25-17(15-5-3-2-4-6-15)21-18(22-19(25)20-14)24-9-7-23(8-10-24)11-12-26/h2-3,13,15,17,26H,4-12H2,1H3,(H,20,21,22)/t15-,17-/m0/s1. The van der Waals surface area contributed by atoms with E-state index in [0.717, 1.165) is 57.1 Å². The Morgan fingerprint density at radius 1 is 1.26 bits per heavy atom. The van der Waals surface area contributed by atoms with E-state index in [1.807, 2.05) is 6.92 Å². The van der Waals surface area contributed by atoms with Crippen LogP contribution in [0.4, 0.5) is 5.95 Å². The zero-order chi connectivity index (χ0) is 18.8. The predicted octanol–water partition coefficient (Wildman–Crippen LogP) is 0.798. The van der Waals surface area contributed by atoms with Crippen molar-refractivity contribution in [3.8, 4) is 0 Å². The molecule has 1 aromatic heterocycles. The van der Waals surface area contributed by atoms with Crippen LogP contribution in [0.15, 0.2) is 28.0 Å². The Morgan fingerprint density at radius 2 is 2.07 bits per heavy atom. The van der Waals surface area contributed by atoms with Crippen molar-refractivity contribution in [2.45, 2.75) is 32.4 Å². The summed E-state index contributed by atoms with van der Waals surface area (Å²) < 4.78 is 1.72. The second-order valence-electron chi connectivity index (χ2n) is 7.52. The van der Waals surface area contributed by atoms with Crippen molar-refractivity contribution in [2.75, 3.05) is 44.6 Å². The molecule has 1 saturated heterocycles. The van der Waals surface area contributed by atoms with E-state index in [4.69, 9.17) is 10.1 Å². The number of allylic oxidation sites excluding steroid dienone is 2. The number of aliphatic imine (C=N–C) groups is 1. The third-order valence-electron chi connectivity index (χ3n) is 5.64. The van der Waals surface area contributed by atoms with Crippen molar-refractivity contribution in [1.82, 2.24) is 19.4 Å². The number of nitrogens with zero attached hydrogens (tertiary/aromatic N) is 5. The molecule has 2 N–H and O–H groups in total. The van der Waals surface area contributed by atoms with E-state index in [1.165, 1.54) is 0 Å². The Morgan fingerprint density at radius 3 is 2.78 bits per heavy atom. The SMILES string of the molecule is Cc1cc(=O)n2c(n1)NC(N1CCN(CCO)CC1)=N[C@@H]2[C@H]1CC=CCC1. The Labute approximate surface area is 159 Å². The van der Waals surface area contributed by atoms with Crippen LogP contribution in [0, 0.1) is 12.8 Å². The van der Waals surface area contributed by atoms with Crippen LogP contribution >= 0.6 is 0 Å². The fourth-order valence-corrected chi connectivity index (χ4v) is 4.15. The van der Waals surface area contributed by atoms with Gasteiger partial charge in [-0.2, -0.15) is 0 Å². The lowest BCUT2D eigenvalue weighted by molar-refractivity contribution is 0.146. The molecule has 3 aliphatic rings. The van der Waals surface area contributed by atoms with Crippen LogP contribution in [0.25, 0.3) is 0 Å². The third-order valence-corrected chi connectivity index (χ3v) is 5.64. The summed E-state index contributed by atoms with van der Waals surface area (Å²) in [5.74, 6) is 1.72.